The van der Waals surface area contributed by atoms with Crippen molar-refractivity contribution in [1.82, 2.24) is 20.9 Å². The molecule has 0 aromatic heterocycles. The Kier molecular flexibility index (Phi) is 10.2. The first-order valence-corrected chi connectivity index (χ1v) is 14.3. The van der Waals surface area contributed by atoms with Crippen LogP contribution in [0, 0.1) is 22.7 Å². The highest BCUT2D eigenvalue weighted by Crippen LogP contribution is 2.40. The van der Waals surface area contributed by atoms with E-state index < -0.39 is 52.7 Å². The average Bonchev–Trinajstić information content (AvgIpc) is 3.22. The van der Waals surface area contributed by atoms with Crippen molar-refractivity contribution in [3.8, 4) is 0 Å². The number of ketones is 1. The van der Waals surface area contributed by atoms with Gasteiger partial charge in [-0.3, -0.25) is 19.2 Å². The van der Waals surface area contributed by atoms with Gasteiger partial charge in [0.15, 0.2) is 0 Å². The molecule has 0 aromatic carbocycles. The molecule has 0 aromatic rings. The van der Waals surface area contributed by atoms with Crippen LogP contribution >= 0.6 is 0 Å². The molecule has 0 spiro atoms. The van der Waals surface area contributed by atoms with Crippen molar-refractivity contribution < 1.29 is 24.0 Å². The SMILES string of the molecule is CCC(C)(C)C1C[C@@H](C(=O)NC(CC2CCC2)C(=O)C(N)=O)N(C(=O)[C@@H](NC(=O)NC(C)(C)C)C(C)(C)C)C1. The molecular formula is C29H51N5O5. The fraction of sp³-hybridized carbons (Fsp3) is 0.828. The highest BCUT2D eigenvalue weighted by atomic mass is 16.2. The van der Waals surface area contributed by atoms with Crippen molar-refractivity contribution in [3.63, 3.8) is 0 Å². The minimum atomic E-state index is -1.08. The molecule has 5 N–H and O–H groups in total. The van der Waals surface area contributed by atoms with Crippen LogP contribution in [0.4, 0.5) is 4.79 Å². The van der Waals surface area contributed by atoms with Crippen LogP contribution in [-0.4, -0.2) is 64.6 Å². The Labute approximate surface area is 234 Å². The Morgan fingerprint density at radius 2 is 1.54 bits per heavy atom. The molecule has 10 heteroatoms. The summed E-state index contributed by atoms with van der Waals surface area (Å²) in [7, 11) is 0. The third-order valence-electron chi connectivity index (χ3n) is 8.45. The van der Waals surface area contributed by atoms with Crippen molar-refractivity contribution in [2.45, 2.75) is 125 Å². The second kappa shape index (κ2) is 12.3. The van der Waals surface area contributed by atoms with E-state index in [4.69, 9.17) is 5.73 Å². The molecule has 0 bridgehead atoms. The fourth-order valence-electron chi connectivity index (χ4n) is 5.24. The number of nitrogens with one attached hydrogen (secondary N) is 3. The van der Waals surface area contributed by atoms with Gasteiger partial charge in [0.05, 0.1) is 6.04 Å². The smallest absolute Gasteiger partial charge is 0.315 e. The third kappa shape index (κ3) is 8.67. The quantitative estimate of drug-likeness (QED) is 0.309. The van der Waals surface area contributed by atoms with E-state index in [1.807, 2.05) is 41.5 Å². The molecule has 1 saturated carbocycles. The number of amides is 5. The number of nitrogens with two attached hydrogens (primary N) is 1. The summed E-state index contributed by atoms with van der Waals surface area (Å²) < 4.78 is 0. The summed E-state index contributed by atoms with van der Waals surface area (Å²) in [5.74, 6) is -2.43. The highest BCUT2D eigenvalue weighted by Gasteiger charge is 2.48. The standard InChI is InChI=1S/C29H51N5O5/c1-10-29(8,9)18-15-20(24(37)31-19(21(35)23(30)36)14-17-12-11-13-17)34(16-18)25(38)22(27(2,3)4)32-26(39)33-28(5,6)7/h17-20,22H,10-16H2,1-9H3,(H2,30,36)(H,31,37)(H2,32,33,39)/t18?,19?,20-,22+/m0/s1. The Morgan fingerprint density at radius 3 is 1.97 bits per heavy atom. The third-order valence-corrected chi connectivity index (χ3v) is 8.45. The first-order valence-electron chi connectivity index (χ1n) is 14.3. The van der Waals surface area contributed by atoms with Crippen molar-refractivity contribution in [1.29, 1.82) is 0 Å². The van der Waals surface area contributed by atoms with Gasteiger partial charge in [-0.2, -0.15) is 0 Å². The molecule has 1 heterocycles. The van der Waals surface area contributed by atoms with Gasteiger partial charge in [0.25, 0.3) is 5.91 Å². The molecule has 1 aliphatic heterocycles. The molecule has 222 valence electrons. The lowest BCUT2D eigenvalue weighted by Gasteiger charge is -2.37. The predicted molar refractivity (Wildman–Crippen MR) is 150 cm³/mol. The number of rotatable bonds is 10. The lowest BCUT2D eigenvalue weighted by molar-refractivity contribution is -0.143. The largest absolute Gasteiger partial charge is 0.363 e. The molecule has 2 rings (SSSR count). The van der Waals surface area contributed by atoms with E-state index in [0.717, 1.165) is 25.7 Å². The van der Waals surface area contributed by atoms with E-state index in [1.165, 1.54) is 0 Å². The van der Waals surface area contributed by atoms with E-state index in [2.05, 4.69) is 36.7 Å². The molecule has 5 amide bonds. The van der Waals surface area contributed by atoms with Crippen molar-refractivity contribution in [2.24, 2.45) is 28.4 Å². The van der Waals surface area contributed by atoms with Crippen molar-refractivity contribution in [2.75, 3.05) is 6.54 Å². The molecule has 1 aliphatic carbocycles. The number of carbonyl (C=O) groups is 5. The van der Waals surface area contributed by atoms with Gasteiger partial charge in [0, 0.05) is 12.1 Å². The van der Waals surface area contributed by atoms with Gasteiger partial charge in [-0.1, -0.05) is 67.2 Å². The Balaban J connectivity index is 2.37. The summed E-state index contributed by atoms with van der Waals surface area (Å²) in [5.41, 5.74) is 4.02. The van der Waals surface area contributed by atoms with Crippen LogP contribution in [0.15, 0.2) is 0 Å². The van der Waals surface area contributed by atoms with Crippen LogP contribution in [0.1, 0.15) is 101 Å². The van der Waals surface area contributed by atoms with E-state index in [9.17, 15) is 24.0 Å². The monoisotopic (exact) mass is 549 g/mol. The fourth-order valence-corrected chi connectivity index (χ4v) is 5.24. The van der Waals surface area contributed by atoms with Crippen molar-refractivity contribution >= 4 is 29.5 Å². The van der Waals surface area contributed by atoms with Gasteiger partial charge in [-0.05, 0) is 56.3 Å². The number of urea groups is 1. The number of hydrogen-bond acceptors (Lipinski definition) is 5. The van der Waals surface area contributed by atoms with Gasteiger partial charge in [-0.15, -0.1) is 0 Å². The zero-order chi connectivity index (χ0) is 29.9. The van der Waals surface area contributed by atoms with Crippen LogP contribution < -0.4 is 21.7 Å². The number of Topliss-reactive ketones (excluding diaryl/α,β-unsaturated/α-hetero) is 1. The number of likely N-dealkylation sites (tertiary alicyclic amines) is 1. The maximum atomic E-state index is 14.1. The summed E-state index contributed by atoms with van der Waals surface area (Å²) in [6.45, 7) is 17.8. The van der Waals surface area contributed by atoms with Crippen LogP contribution in [-0.2, 0) is 19.2 Å². The number of nitrogens with zero attached hydrogens (tertiary/aromatic N) is 1. The van der Waals surface area contributed by atoms with Crippen LogP contribution in [0.2, 0.25) is 0 Å². The first kappa shape index (κ1) is 32.6. The summed E-state index contributed by atoms with van der Waals surface area (Å²) in [5, 5.41) is 8.47. The Morgan fingerprint density at radius 1 is 0.949 bits per heavy atom. The maximum Gasteiger partial charge on any atom is 0.315 e. The van der Waals surface area contributed by atoms with E-state index in [1.54, 1.807) is 4.90 Å². The van der Waals surface area contributed by atoms with E-state index in [-0.39, 0.29) is 23.2 Å². The summed E-state index contributed by atoms with van der Waals surface area (Å²) in [4.78, 5) is 66.5. The number of hydrogen-bond donors (Lipinski definition) is 4. The number of primary amides is 1. The van der Waals surface area contributed by atoms with Crippen LogP contribution in [0.5, 0.6) is 0 Å². The first-order chi connectivity index (χ1) is 17.8. The number of carbonyl (C=O) groups excluding carboxylic acids is 5. The topological polar surface area (TPSA) is 151 Å². The predicted octanol–water partition coefficient (Wildman–Crippen LogP) is 2.88. The summed E-state index contributed by atoms with van der Waals surface area (Å²) in [6.07, 6.45) is 4.57. The van der Waals surface area contributed by atoms with Crippen LogP contribution in [0.3, 0.4) is 0 Å². The highest BCUT2D eigenvalue weighted by molar-refractivity contribution is 6.37. The maximum absolute atomic E-state index is 14.1. The van der Waals surface area contributed by atoms with Crippen molar-refractivity contribution in [3.05, 3.63) is 0 Å². The molecule has 2 aliphatic rings. The molecule has 1 saturated heterocycles. The Bertz CT molecular complexity index is 945. The lowest BCUT2D eigenvalue weighted by Crippen LogP contribution is -2.61. The van der Waals surface area contributed by atoms with Gasteiger partial charge in [0.2, 0.25) is 17.6 Å². The molecule has 0 radical (unpaired) electrons. The summed E-state index contributed by atoms with van der Waals surface area (Å²) in [6, 6.07) is -3.20. The molecule has 39 heavy (non-hydrogen) atoms. The van der Waals surface area contributed by atoms with Gasteiger partial charge in [-0.25, -0.2) is 4.79 Å². The normalized spacial score (nSPS) is 21.9. The molecular weight excluding hydrogens is 498 g/mol. The zero-order valence-corrected chi connectivity index (χ0v) is 25.4. The zero-order valence-electron chi connectivity index (χ0n) is 25.4. The molecule has 2 fully saturated rings. The minimum absolute atomic E-state index is 0.0307. The minimum Gasteiger partial charge on any atom is -0.363 e. The second-order valence-corrected chi connectivity index (χ2v) is 14.3. The van der Waals surface area contributed by atoms with E-state index in [0.29, 0.717) is 19.4 Å². The van der Waals surface area contributed by atoms with Gasteiger partial charge >= 0.3 is 6.03 Å². The summed E-state index contributed by atoms with van der Waals surface area (Å²) >= 11 is 0. The second-order valence-electron chi connectivity index (χ2n) is 14.3. The average molecular weight is 550 g/mol. The molecule has 4 atom stereocenters. The molecule has 10 nitrogen and oxygen atoms in total. The van der Waals surface area contributed by atoms with Gasteiger partial charge < -0.3 is 26.6 Å². The Hall–Kier alpha value is -2.65. The van der Waals surface area contributed by atoms with E-state index >= 15 is 0 Å². The lowest BCUT2D eigenvalue weighted by atomic mass is 9.75. The van der Waals surface area contributed by atoms with Crippen LogP contribution in [0.25, 0.3) is 0 Å². The molecule has 2 unspecified atom stereocenters. The van der Waals surface area contributed by atoms with Gasteiger partial charge in [0.1, 0.15) is 12.1 Å².